The largest absolute Gasteiger partial charge is 0.496 e. The van der Waals surface area contributed by atoms with E-state index in [4.69, 9.17) is 14.5 Å². The zero-order valence-corrected chi connectivity index (χ0v) is 22.2. The first kappa shape index (κ1) is 27.2. The van der Waals surface area contributed by atoms with Crippen LogP contribution >= 0.6 is 35.3 Å². The summed E-state index contributed by atoms with van der Waals surface area (Å²) in [6, 6.07) is 7.91. The maximum absolute atomic E-state index is 12.1. The molecule has 0 saturated carbocycles. The quantitative estimate of drug-likeness (QED) is 0.201. The Labute approximate surface area is 206 Å². The molecule has 0 aliphatic heterocycles. The van der Waals surface area contributed by atoms with Gasteiger partial charge in [-0.3, -0.25) is 4.99 Å². The number of rotatable bonds is 9. The molecular formula is C22H33IN4O3S. The van der Waals surface area contributed by atoms with Gasteiger partial charge in [-0.25, -0.2) is 9.78 Å². The summed E-state index contributed by atoms with van der Waals surface area (Å²) in [7, 11) is 1.68. The van der Waals surface area contributed by atoms with Crippen LogP contribution in [-0.4, -0.2) is 43.7 Å². The van der Waals surface area contributed by atoms with Crippen LogP contribution < -0.4 is 15.4 Å². The average molecular weight is 561 g/mol. The third-order valence-electron chi connectivity index (χ3n) is 4.53. The first-order valence-electron chi connectivity index (χ1n) is 10.2. The number of carbonyl (C=O) groups excluding carboxylic acids is 1. The van der Waals surface area contributed by atoms with Crippen LogP contribution in [0.1, 0.15) is 65.6 Å². The molecule has 0 spiro atoms. The van der Waals surface area contributed by atoms with E-state index < -0.39 is 0 Å². The second-order valence-corrected chi connectivity index (χ2v) is 7.95. The summed E-state index contributed by atoms with van der Waals surface area (Å²) in [4.78, 5) is 21.9. The molecule has 7 nitrogen and oxygen atoms in total. The molecule has 1 heterocycles. The summed E-state index contributed by atoms with van der Waals surface area (Å²) in [6.07, 6.45) is 0. The molecule has 0 radical (unpaired) electrons. The minimum Gasteiger partial charge on any atom is -0.496 e. The van der Waals surface area contributed by atoms with E-state index in [-0.39, 0.29) is 41.9 Å². The third-order valence-corrected chi connectivity index (χ3v) is 5.86. The normalized spacial score (nSPS) is 13.0. The van der Waals surface area contributed by atoms with Crippen LogP contribution in [0.4, 0.5) is 0 Å². The first-order valence-corrected chi connectivity index (χ1v) is 11.0. The molecule has 0 amide bonds. The molecule has 2 rings (SSSR count). The molecule has 31 heavy (non-hydrogen) atoms. The smallest absolute Gasteiger partial charge is 0.350 e. The molecule has 172 valence electrons. The van der Waals surface area contributed by atoms with Crippen molar-refractivity contribution in [2.45, 2.75) is 46.6 Å². The van der Waals surface area contributed by atoms with Gasteiger partial charge < -0.3 is 20.1 Å². The van der Waals surface area contributed by atoms with Crippen LogP contribution in [0.15, 0.2) is 29.3 Å². The molecule has 2 atom stereocenters. The van der Waals surface area contributed by atoms with Crippen LogP contribution in [0, 0.1) is 6.92 Å². The minimum atomic E-state index is -0.322. The van der Waals surface area contributed by atoms with E-state index >= 15 is 0 Å². The van der Waals surface area contributed by atoms with E-state index in [2.05, 4.69) is 28.6 Å². The minimum absolute atomic E-state index is 0. The summed E-state index contributed by atoms with van der Waals surface area (Å²) in [5, 5.41) is 7.48. The van der Waals surface area contributed by atoms with Gasteiger partial charge in [0.15, 0.2) is 5.96 Å². The first-order chi connectivity index (χ1) is 14.4. The molecule has 0 bridgehead atoms. The number of ether oxygens (including phenoxy) is 2. The summed E-state index contributed by atoms with van der Waals surface area (Å²) < 4.78 is 10.6. The number of benzene rings is 1. The van der Waals surface area contributed by atoms with Crippen molar-refractivity contribution < 1.29 is 14.3 Å². The van der Waals surface area contributed by atoms with E-state index in [1.807, 2.05) is 39.0 Å². The van der Waals surface area contributed by atoms with Gasteiger partial charge in [0.25, 0.3) is 0 Å². The Morgan fingerprint density at radius 2 is 1.97 bits per heavy atom. The number of nitrogens with one attached hydrogen (secondary N) is 2. The van der Waals surface area contributed by atoms with Crippen molar-refractivity contribution in [3.05, 3.63) is 45.4 Å². The second kappa shape index (κ2) is 13.5. The molecule has 1 aromatic carbocycles. The predicted octanol–water partition coefficient (Wildman–Crippen LogP) is 4.67. The van der Waals surface area contributed by atoms with Crippen molar-refractivity contribution in [2.75, 3.05) is 26.8 Å². The highest BCUT2D eigenvalue weighted by Gasteiger charge is 2.20. The highest BCUT2D eigenvalue weighted by molar-refractivity contribution is 14.0. The van der Waals surface area contributed by atoms with E-state index in [0.717, 1.165) is 22.9 Å². The Balaban J connectivity index is 0.00000480. The van der Waals surface area contributed by atoms with Crippen LogP contribution in [-0.2, 0) is 4.74 Å². The number of carbonyl (C=O) groups is 1. The van der Waals surface area contributed by atoms with Crippen molar-refractivity contribution in [2.24, 2.45) is 4.99 Å². The molecule has 0 aliphatic rings. The van der Waals surface area contributed by atoms with Gasteiger partial charge in [-0.15, -0.1) is 35.3 Å². The standard InChI is InChI=1S/C22H32N4O3S.HI/c1-7-23-22(24-13-14(3)17-11-9-10-12-18(17)28-6)26-16(5)20-25-15(4)19(30-20)21(27)29-8-2;/h9-12,14,16H,7-8,13H2,1-6H3,(H2,23,24,26);1H. The van der Waals surface area contributed by atoms with Gasteiger partial charge >= 0.3 is 5.97 Å². The number of thiazole rings is 1. The van der Waals surface area contributed by atoms with Crippen molar-refractivity contribution in [1.29, 1.82) is 0 Å². The maximum atomic E-state index is 12.1. The Bertz CT molecular complexity index is 872. The maximum Gasteiger partial charge on any atom is 0.350 e. The number of hydrogen-bond acceptors (Lipinski definition) is 6. The van der Waals surface area contributed by atoms with Crippen LogP contribution in [0.5, 0.6) is 5.75 Å². The lowest BCUT2D eigenvalue weighted by Crippen LogP contribution is -2.39. The number of hydrogen-bond donors (Lipinski definition) is 2. The summed E-state index contributed by atoms with van der Waals surface area (Å²) >= 11 is 1.35. The number of guanidine groups is 1. The zero-order valence-electron chi connectivity index (χ0n) is 19.0. The Kier molecular flexibility index (Phi) is 11.8. The van der Waals surface area contributed by atoms with E-state index in [0.29, 0.717) is 29.7 Å². The monoisotopic (exact) mass is 560 g/mol. The topological polar surface area (TPSA) is 84.8 Å². The van der Waals surface area contributed by atoms with Crippen LogP contribution in [0.3, 0.4) is 0 Å². The highest BCUT2D eigenvalue weighted by atomic mass is 127. The van der Waals surface area contributed by atoms with Crippen LogP contribution in [0.25, 0.3) is 0 Å². The van der Waals surface area contributed by atoms with Gasteiger partial charge in [-0.05, 0) is 39.3 Å². The fraction of sp³-hybridized carbons (Fsp3) is 0.500. The second-order valence-electron chi connectivity index (χ2n) is 6.92. The Morgan fingerprint density at radius 1 is 1.26 bits per heavy atom. The average Bonchev–Trinajstić information content (AvgIpc) is 3.14. The number of methoxy groups -OCH3 is 1. The van der Waals surface area contributed by atoms with Crippen molar-refractivity contribution in [1.82, 2.24) is 15.6 Å². The van der Waals surface area contributed by atoms with Gasteiger partial charge in [0.1, 0.15) is 15.6 Å². The number of nitrogens with zero attached hydrogens (tertiary/aromatic N) is 2. The highest BCUT2D eigenvalue weighted by Crippen LogP contribution is 2.27. The summed E-state index contributed by atoms with van der Waals surface area (Å²) in [6.45, 7) is 11.5. The lowest BCUT2D eigenvalue weighted by atomic mass is 10.0. The fourth-order valence-corrected chi connectivity index (χ4v) is 3.94. The van der Waals surface area contributed by atoms with Crippen molar-refractivity contribution in [3.63, 3.8) is 0 Å². The molecule has 2 unspecified atom stereocenters. The number of aryl methyl sites for hydroxylation is 1. The van der Waals surface area contributed by atoms with Crippen LogP contribution in [0.2, 0.25) is 0 Å². The van der Waals surface area contributed by atoms with Gasteiger partial charge in [-0.2, -0.15) is 0 Å². The number of aliphatic imine (C=N–C) groups is 1. The number of aromatic nitrogens is 1. The summed E-state index contributed by atoms with van der Waals surface area (Å²) in [5.41, 5.74) is 1.82. The molecule has 2 aromatic rings. The van der Waals surface area contributed by atoms with E-state index in [9.17, 15) is 4.79 Å². The Hall–Kier alpha value is -1.88. The fourth-order valence-electron chi connectivity index (χ4n) is 2.98. The molecule has 9 heteroatoms. The molecule has 0 saturated heterocycles. The number of halogens is 1. The number of esters is 1. The molecule has 0 fully saturated rings. The van der Waals surface area contributed by atoms with E-state index in [1.165, 1.54) is 11.3 Å². The molecule has 0 aliphatic carbocycles. The lowest BCUT2D eigenvalue weighted by molar-refractivity contribution is 0.0531. The lowest BCUT2D eigenvalue weighted by Gasteiger charge is -2.18. The summed E-state index contributed by atoms with van der Waals surface area (Å²) in [5.74, 6) is 1.45. The zero-order chi connectivity index (χ0) is 22.1. The Morgan fingerprint density at radius 3 is 2.61 bits per heavy atom. The SMILES string of the molecule is CCNC(=NCC(C)c1ccccc1OC)NC(C)c1nc(C)c(C(=O)OCC)s1.I. The number of para-hydroxylation sites is 1. The molecular weight excluding hydrogens is 527 g/mol. The van der Waals surface area contributed by atoms with Gasteiger partial charge in [0.2, 0.25) is 0 Å². The van der Waals surface area contributed by atoms with E-state index in [1.54, 1.807) is 14.0 Å². The third kappa shape index (κ3) is 7.64. The molecule has 2 N–H and O–H groups in total. The van der Waals surface area contributed by atoms with Gasteiger partial charge in [-0.1, -0.05) is 25.1 Å². The van der Waals surface area contributed by atoms with Gasteiger partial charge in [0, 0.05) is 19.0 Å². The van der Waals surface area contributed by atoms with Gasteiger partial charge in [0.05, 0.1) is 25.5 Å². The molecule has 1 aromatic heterocycles. The van der Waals surface area contributed by atoms with Crippen molar-refractivity contribution in [3.8, 4) is 5.75 Å². The van der Waals surface area contributed by atoms with Crippen molar-refractivity contribution >= 4 is 47.2 Å². The predicted molar refractivity (Wildman–Crippen MR) is 137 cm³/mol.